The molecule has 0 radical (unpaired) electrons. The zero-order valence-corrected chi connectivity index (χ0v) is 28.2. The van der Waals surface area contributed by atoms with Gasteiger partial charge < -0.3 is 30.7 Å². The van der Waals surface area contributed by atoms with Crippen LogP contribution >= 0.6 is 22.6 Å². The minimum atomic E-state index is -1.02. The smallest absolute Gasteiger partial charge is 0.329 e. The summed E-state index contributed by atoms with van der Waals surface area (Å²) in [5, 5.41) is 11.4. The summed E-state index contributed by atoms with van der Waals surface area (Å²) in [5.41, 5.74) is -0.936. The number of benzene rings is 1. The molecule has 4 amide bonds. The average molecular weight is 689 g/mol. The largest absolute Gasteiger partial charge is 0.460 e. The van der Waals surface area contributed by atoms with Crippen LogP contribution < -0.4 is 21.3 Å². The van der Waals surface area contributed by atoms with Crippen LogP contribution in [-0.4, -0.2) is 53.8 Å². The zero-order chi connectivity index (χ0) is 31.4. The number of rotatable bonds is 12. The van der Waals surface area contributed by atoms with Gasteiger partial charge >= 0.3 is 24.0 Å². The molecular weight excluding hydrogens is 639 g/mol. The number of unbranched alkanes of at least 4 members (excludes halogenated alkanes) is 1. The summed E-state index contributed by atoms with van der Waals surface area (Å²) in [4.78, 5) is 50.3. The van der Waals surface area contributed by atoms with Crippen LogP contribution in [-0.2, 0) is 19.1 Å². The van der Waals surface area contributed by atoms with E-state index >= 15 is 0 Å². The van der Waals surface area contributed by atoms with Gasteiger partial charge in [-0.25, -0.2) is 14.4 Å². The predicted octanol–water partition coefficient (Wildman–Crippen LogP) is 6.13. The molecule has 0 saturated carbocycles. The Labute approximate surface area is 259 Å². The van der Waals surface area contributed by atoms with E-state index in [1.54, 1.807) is 41.5 Å². The minimum absolute atomic E-state index is 0.0473. The Morgan fingerprint density at radius 3 is 1.90 bits per heavy atom. The molecule has 1 rings (SSSR count). The molecule has 0 fully saturated rings. The molecule has 4 N–H and O–H groups in total. The summed E-state index contributed by atoms with van der Waals surface area (Å²) in [7, 11) is 0. The van der Waals surface area contributed by atoms with Crippen LogP contribution in [0.2, 0.25) is 0 Å². The van der Waals surface area contributed by atoms with Gasteiger partial charge in [0.1, 0.15) is 17.2 Å². The fourth-order valence-corrected chi connectivity index (χ4v) is 4.10. The normalized spacial score (nSPS) is 13.4. The third-order valence-electron chi connectivity index (χ3n) is 5.71. The average Bonchev–Trinajstić information content (AvgIpc) is 2.79. The first-order valence-corrected chi connectivity index (χ1v) is 15.2. The second kappa shape index (κ2) is 16.2. The lowest BCUT2D eigenvalue weighted by atomic mass is 9.84. The first kappa shape index (κ1) is 36.5. The quantitative estimate of drug-likeness (QED) is 0.119. The number of carbonyl (C=O) groups excluding carboxylic acids is 4. The maximum absolute atomic E-state index is 13.0. The van der Waals surface area contributed by atoms with Gasteiger partial charge in [0, 0.05) is 28.3 Å². The number of carbonyl (C=O) groups is 4. The molecule has 1 aromatic carbocycles. The topological polar surface area (TPSA) is 135 Å². The molecule has 2 atom stereocenters. The molecule has 0 bridgehead atoms. The Kier molecular flexibility index (Phi) is 14.4. The van der Waals surface area contributed by atoms with E-state index in [9.17, 15) is 19.2 Å². The van der Waals surface area contributed by atoms with Crippen molar-refractivity contribution >= 4 is 52.3 Å². The van der Waals surface area contributed by atoms with Crippen LogP contribution in [0.15, 0.2) is 24.3 Å². The molecule has 0 saturated heterocycles. The summed E-state index contributed by atoms with van der Waals surface area (Å²) < 4.78 is 11.9. The van der Waals surface area contributed by atoms with Gasteiger partial charge in [0.15, 0.2) is 0 Å². The highest BCUT2D eigenvalue weighted by Crippen LogP contribution is 2.23. The molecule has 0 spiro atoms. The standard InChI is InChI=1S/C30H49IN4O6/c1-28(2,3)23(12-10-11-19-32-26(38)33-21-15-13-20(31)14-16-21)35-27(39)34-22(25(37)41-30(7,8)9)17-18-24(36)40-29(4,5)6/h13-16,22-23H,10-12,17-19H2,1-9H3,(H2,32,33,38)(H2,34,35,39)/t22-,23-/m0/s1. The van der Waals surface area contributed by atoms with Crippen LogP contribution in [0.1, 0.15) is 94.4 Å². The molecule has 0 aliphatic carbocycles. The zero-order valence-electron chi connectivity index (χ0n) is 26.0. The molecule has 11 heteroatoms. The molecule has 10 nitrogen and oxygen atoms in total. The van der Waals surface area contributed by atoms with Crippen molar-refractivity contribution in [2.45, 2.75) is 118 Å². The lowest BCUT2D eigenvalue weighted by Gasteiger charge is -2.32. The van der Waals surface area contributed by atoms with E-state index in [-0.39, 0.29) is 30.3 Å². The van der Waals surface area contributed by atoms with Crippen molar-refractivity contribution in [1.29, 1.82) is 0 Å². The Morgan fingerprint density at radius 1 is 0.780 bits per heavy atom. The van der Waals surface area contributed by atoms with E-state index in [1.165, 1.54) is 0 Å². The van der Waals surface area contributed by atoms with Crippen LogP contribution in [0.3, 0.4) is 0 Å². The summed E-state index contributed by atoms with van der Waals surface area (Å²) in [6.45, 7) is 17.1. The van der Waals surface area contributed by atoms with Gasteiger partial charge in [0.2, 0.25) is 0 Å². The number of anilines is 1. The number of urea groups is 2. The molecule has 41 heavy (non-hydrogen) atoms. The Balaban J connectivity index is 2.66. The van der Waals surface area contributed by atoms with Crippen LogP contribution in [0.25, 0.3) is 0 Å². The van der Waals surface area contributed by atoms with Gasteiger partial charge in [-0.15, -0.1) is 0 Å². The molecule has 1 aromatic rings. The highest BCUT2D eigenvalue weighted by molar-refractivity contribution is 14.1. The monoisotopic (exact) mass is 688 g/mol. The molecular formula is C30H49IN4O6. The number of amides is 4. The SMILES string of the molecule is CC(C)(C)OC(=O)CC[C@H](NC(=O)N[C@@H](CCCCNC(=O)Nc1ccc(I)cc1)C(C)(C)C)C(=O)OC(C)(C)C. The first-order chi connectivity index (χ1) is 18.7. The molecule has 0 aliphatic rings. The maximum Gasteiger partial charge on any atom is 0.329 e. The molecule has 0 heterocycles. The van der Waals surface area contributed by atoms with E-state index < -0.39 is 35.2 Å². The van der Waals surface area contributed by atoms with Crippen molar-refractivity contribution in [2.75, 3.05) is 11.9 Å². The summed E-state index contributed by atoms with van der Waals surface area (Å²) in [6, 6.07) is 5.53. The molecule has 0 unspecified atom stereocenters. The van der Waals surface area contributed by atoms with Crippen molar-refractivity contribution in [2.24, 2.45) is 5.41 Å². The van der Waals surface area contributed by atoms with E-state index in [2.05, 4.69) is 43.9 Å². The number of ether oxygens (including phenoxy) is 2. The second-order valence-corrected chi connectivity index (χ2v) is 14.4. The van der Waals surface area contributed by atoms with Crippen molar-refractivity contribution < 1.29 is 28.7 Å². The van der Waals surface area contributed by atoms with Crippen LogP contribution in [0.4, 0.5) is 15.3 Å². The highest BCUT2D eigenvalue weighted by atomic mass is 127. The third-order valence-corrected chi connectivity index (χ3v) is 6.43. The predicted molar refractivity (Wildman–Crippen MR) is 170 cm³/mol. The van der Waals surface area contributed by atoms with E-state index in [0.29, 0.717) is 13.0 Å². The lowest BCUT2D eigenvalue weighted by molar-refractivity contribution is -0.158. The van der Waals surface area contributed by atoms with Crippen LogP contribution in [0.5, 0.6) is 0 Å². The van der Waals surface area contributed by atoms with Gasteiger partial charge in [-0.1, -0.05) is 20.8 Å². The van der Waals surface area contributed by atoms with Gasteiger partial charge in [-0.2, -0.15) is 0 Å². The minimum Gasteiger partial charge on any atom is -0.460 e. The molecule has 0 aromatic heterocycles. The lowest BCUT2D eigenvalue weighted by Crippen LogP contribution is -2.53. The van der Waals surface area contributed by atoms with Crippen molar-refractivity contribution in [1.82, 2.24) is 16.0 Å². The van der Waals surface area contributed by atoms with Gasteiger partial charge in [-0.05, 0) is 119 Å². The van der Waals surface area contributed by atoms with Crippen molar-refractivity contribution in [3.63, 3.8) is 0 Å². The number of esters is 2. The van der Waals surface area contributed by atoms with Gasteiger partial charge in [0.25, 0.3) is 0 Å². The van der Waals surface area contributed by atoms with E-state index in [4.69, 9.17) is 9.47 Å². The van der Waals surface area contributed by atoms with E-state index in [1.807, 2.05) is 45.0 Å². The first-order valence-electron chi connectivity index (χ1n) is 14.1. The maximum atomic E-state index is 13.0. The second-order valence-electron chi connectivity index (χ2n) is 13.1. The molecule has 232 valence electrons. The number of halogens is 1. The van der Waals surface area contributed by atoms with Crippen molar-refractivity contribution in [3.05, 3.63) is 27.8 Å². The van der Waals surface area contributed by atoms with E-state index in [0.717, 1.165) is 22.1 Å². The highest BCUT2D eigenvalue weighted by Gasteiger charge is 2.31. The molecule has 0 aliphatic heterocycles. The summed E-state index contributed by atoms with van der Waals surface area (Å²) in [6.07, 6.45) is 2.17. The van der Waals surface area contributed by atoms with Gasteiger partial charge in [0.05, 0.1) is 0 Å². The Bertz CT molecular complexity index is 1010. The fraction of sp³-hybridized carbons (Fsp3) is 0.667. The Morgan fingerprint density at radius 2 is 1.37 bits per heavy atom. The summed E-state index contributed by atoms with van der Waals surface area (Å²) >= 11 is 2.21. The van der Waals surface area contributed by atoms with Gasteiger partial charge in [-0.3, -0.25) is 4.79 Å². The number of hydrogen-bond donors (Lipinski definition) is 4. The van der Waals surface area contributed by atoms with Crippen LogP contribution in [0, 0.1) is 8.99 Å². The fourth-order valence-electron chi connectivity index (χ4n) is 3.74. The third kappa shape index (κ3) is 17.1. The summed E-state index contributed by atoms with van der Waals surface area (Å²) in [5.74, 6) is -1.07. The number of nitrogens with one attached hydrogen (secondary N) is 4. The van der Waals surface area contributed by atoms with Crippen molar-refractivity contribution in [3.8, 4) is 0 Å². The Hall–Kier alpha value is -2.57. The number of hydrogen-bond acceptors (Lipinski definition) is 6.